The lowest BCUT2D eigenvalue weighted by molar-refractivity contribution is -0.120. The van der Waals surface area contributed by atoms with Crippen molar-refractivity contribution in [2.45, 2.75) is 38.3 Å². The Balaban J connectivity index is 1.27. The molecule has 5 N–H and O–H groups in total. The van der Waals surface area contributed by atoms with Crippen molar-refractivity contribution >= 4 is 28.4 Å². The van der Waals surface area contributed by atoms with Gasteiger partial charge in [-0.1, -0.05) is 54.1 Å². The molecule has 0 aliphatic rings. The fraction of sp³-hybridized carbons (Fsp3) is 0.267. The second kappa shape index (κ2) is 12.7. The maximum Gasteiger partial charge on any atom is 0.248 e. The summed E-state index contributed by atoms with van der Waals surface area (Å²) >= 11 is 5.91. The van der Waals surface area contributed by atoms with Crippen molar-refractivity contribution in [1.82, 2.24) is 15.6 Å². The topological polar surface area (TPSA) is 114 Å². The van der Waals surface area contributed by atoms with Gasteiger partial charge in [-0.3, -0.25) is 9.59 Å². The summed E-state index contributed by atoms with van der Waals surface area (Å²) in [5.41, 5.74) is 3.79. The molecule has 3 aromatic carbocycles. The van der Waals surface area contributed by atoms with Gasteiger partial charge in [-0.15, -0.1) is 0 Å². The number of pyridine rings is 1. The molecule has 0 spiro atoms. The number of aromatic hydroxyl groups is 1. The number of phenolic OH excluding ortho intramolecular Hbond substituents is 1. The van der Waals surface area contributed by atoms with Crippen LogP contribution in [0.2, 0.25) is 5.02 Å². The molecule has 38 heavy (non-hydrogen) atoms. The zero-order valence-electron chi connectivity index (χ0n) is 21.2. The molecule has 8 heteroatoms. The van der Waals surface area contributed by atoms with Crippen LogP contribution in [0.25, 0.3) is 10.9 Å². The van der Waals surface area contributed by atoms with Gasteiger partial charge in [0.05, 0.1) is 18.0 Å². The third kappa shape index (κ3) is 7.44. The SMILES string of the molecule is C[C@H](Cc1cccc(CC(=O)NCCc2ccc(Cl)cc2)c1)NC[C@@H](O)c1ccc(O)c2[nH]c(=O)ccc12. The first-order chi connectivity index (χ1) is 18.3. The predicted octanol–water partition coefficient (Wildman–Crippen LogP) is 4.04. The van der Waals surface area contributed by atoms with E-state index in [2.05, 4.69) is 15.6 Å². The average molecular weight is 534 g/mol. The number of benzene rings is 3. The van der Waals surface area contributed by atoms with E-state index in [0.717, 1.165) is 29.5 Å². The summed E-state index contributed by atoms with van der Waals surface area (Å²) in [7, 11) is 0. The Labute approximate surface area is 226 Å². The van der Waals surface area contributed by atoms with Crippen molar-refractivity contribution in [2.24, 2.45) is 0 Å². The van der Waals surface area contributed by atoms with Crippen molar-refractivity contribution in [2.75, 3.05) is 13.1 Å². The number of aromatic amines is 1. The number of nitrogens with one attached hydrogen (secondary N) is 3. The lowest BCUT2D eigenvalue weighted by Crippen LogP contribution is -2.32. The van der Waals surface area contributed by atoms with Gasteiger partial charge in [-0.25, -0.2) is 0 Å². The standard InChI is InChI=1S/C30H32ClN3O4/c1-19(33-18-27(36)24-9-11-26(35)30-25(24)10-12-28(37)34-30)15-21-3-2-4-22(16-21)17-29(38)32-14-13-20-5-7-23(31)8-6-20/h2-12,16,19,27,33,35-36H,13-15,17-18H2,1H3,(H,32,38)(H,34,37)/t19-,27-/m1/s1. The fourth-order valence-corrected chi connectivity index (χ4v) is 4.64. The quantitative estimate of drug-likeness (QED) is 0.200. The Morgan fingerprint density at radius 1 is 1.00 bits per heavy atom. The summed E-state index contributed by atoms with van der Waals surface area (Å²) in [6.07, 6.45) is 0.956. The zero-order valence-corrected chi connectivity index (χ0v) is 22.0. The number of aliphatic hydroxyl groups is 1. The number of aliphatic hydroxyl groups excluding tert-OH is 1. The normalized spacial score (nSPS) is 12.8. The molecule has 0 unspecified atom stereocenters. The first kappa shape index (κ1) is 27.4. The molecular formula is C30H32ClN3O4. The minimum atomic E-state index is -0.825. The summed E-state index contributed by atoms with van der Waals surface area (Å²) in [5, 5.41) is 28.5. The van der Waals surface area contributed by atoms with E-state index in [1.807, 2.05) is 55.5 Å². The lowest BCUT2D eigenvalue weighted by atomic mass is 10.0. The molecule has 4 rings (SSSR count). The van der Waals surface area contributed by atoms with E-state index < -0.39 is 6.10 Å². The molecule has 0 saturated carbocycles. The summed E-state index contributed by atoms with van der Waals surface area (Å²) in [4.78, 5) is 26.7. The maximum absolute atomic E-state index is 12.4. The Bertz CT molecular complexity index is 1450. The number of hydrogen-bond acceptors (Lipinski definition) is 5. The number of rotatable bonds is 11. The monoisotopic (exact) mass is 533 g/mol. The Morgan fingerprint density at radius 3 is 2.55 bits per heavy atom. The van der Waals surface area contributed by atoms with E-state index in [-0.39, 0.29) is 23.3 Å². The molecule has 1 aromatic heterocycles. The van der Waals surface area contributed by atoms with Crippen LogP contribution in [0.5, 0.6) is 5.75 Å². The third-order valence-electron chi connectivity index (χ3n) is 6.47. The van der Waals surface area contributed by atoms with Crippen LogP contribution in [0.4, 0.5) is 0 Å². The van der Waals surface area contributed by atoms with E-state index in [0.29, 0.717) is 41.0 Å². The van der Waals surface area contributed by atoms with Gasteiger partial charge < -0.3 is 25.8 Å². The number of phenols is 1. The number of carbonyl (C=O) groups is 1. The first-order valence-electron chi connectivity index (χ1n) is 12.6. The molecule has 0 saturated heterocycles. The minimum Gasteiger partial charge on any atom is -0.506 e. The van der Waals surface area contributed by atoms with E-state index >= 15 is 0 Å². The van der Waals surface area contributed by atoms with Gasteiger partial charge >= 0.3 is 0 Å². The third-order valence-corrected chi connectivity index (χ3v) is 6.72. The number of hydrogen-bond donors (Lipinski definition) is 5. The molecule has 198 valence electrons. The molecule has 1 amide bonds. The molecule has 4 aromatic rings. The van der Waals surface area contributed by atoms with Crippen LogP contribution >= 0.6 is 11.6 Å². The number of amides is 1. The highest BCUT2D eigenvalue weighted by Crippen LogP contribution is 2.28. The summed E-state index contributed by atoms with van der Waals surface area (Å²) in [6.45, 7) is 2.90. The van der Waals surface area contributed by atoms with Gasteiger partial charge in [0.15, 0.2) is 0 Å². The van der Waals surface area contributed by atoms with Gasteiger partial charge in [0, 0.05) is 35.6 Å². The Hall–Kier alpha value is -3.65. The van der Waals surface area contributed by atoms with Gasteiger partial charge in [0.1, 0.15) is 5.75 Å². The Morgan fingerprint density at radius 2 is 1.76 bits per heavy atom. The average Bonchev–Trinajstić information content (AvgIpc) is 2.89. The molecule has 1 heterocycles. The maximum atomic E-state index is 12.4. The number of halogens is 1. The summed E-state index contributed by atoms with van der Waals surface area (Å²) < 4.78 is 0. The predicted molar refractivity (Wildman–Crippen MR) is 151 cm³/mol. The van der Waals surface area contributed by atoms with Crippen molar-refractivity contribution in [3.8, 4) is 5.75 Å². The molecule has 0 aliphatic carbocycles. The second-order valence-electron chi connectivity index (χ2n) is 9.54. The van der Waals surface area contributed by atoms with Gasteiger partial charge in [0.2, 0.25) is 11.5 Å². The number of H-pyrrole nitrogens is 1. The zero-order chi connectivity index (χ0) is 27.1. The van der Waals surface area contributed by atoms with E-state index in [9.17, 15) is 19.8 Å². The van der Waals surface area contributed by atoms with Crippen molar-refractivity contribution < 1.29 is 15.0 Å². The highest BCUT2D eigenvalue weighted by molar-refractivity contribution is 6.30. The van der Waals surface area contributed by atoms with E-state index in [1.54, 1.807) is 12.1 Å². The molecule has 2 atom stereocenters. The summed E-state index contributed by atoms with van der Waals surface area (Å²) in [5.74, 6) is -0.0574. The summed E-state index contributed by atoms with van der Waals surface area (Å²) in [6, 6.07) is 21.8. The van der Waals surface area contributed by atoms with Gasteiger partial charge in [0.25, 0.3) is 0 Å². The van der Waals surface area contributed by atoms with Crippen LogP contribution in [-0.2, 0) is 24.1 Å². The second-order valence-corrected chi connectivity index (χ2v) is 9.97. The molecular weight excluding hydrogens is 502 g/mol. The molecule has 0 aliphatic heterocycles. The highest BCUT2D eigenvalue weighted by Gasteiger charge is 2.15. The van der Waals surface area contributed by atoms with E-state index in [1.165, 1.54) is 12.1 Å². The van der Waals surface area contributed by atoms with Crippen molar-refractivity contribution in [1.29, 1.82) is 0 Å². The van der Waals surface area contributed by atoms with Gasteiger partial charge in [-0.05, 0) is 66.3 Å². The Kier molecular flexibility index (Phi) is 9.18. The first-order valence-corrected chi connectivity index (χ1v) is 13.0. The number of fused-ring (bicyclic) bond motifs is 1. The smallest absolute Gasteiger partial charge is 0.248 e. The minimum absolute atomic E-state index is 0.0205. The molecule has 0 bridgehead atoms. The van der Waals surface area contributed by atoms with Crippen molar-refractivity contribution in [3.05, 3.63) is 110 Å². The van der Waals surface area contributed by atoms with Gasteiger partial charge in [-0.2, -0.15) is 0 Å². The van der Waals surface area contributed by atoms with Crippen LogP contribution < -0.4 is 16.2 Å². The number of aromatic nitrogens is 1. The number of carbonyl (C=O) groups excluding carboxylic acids is 1. The lowest BCUT2D eigenvalue weighted by Gasteiger charge is -2.19. The van der Waals surface area contributed by atoms with Crippen LogP contribution in [0, 0.1) is 0 Å². The van der Waals surface area contributed by atoms with Crippen molar-refractivity contribution in [3.63, 3.8) is 0 Å². The van der Waals surface area contributed by atoms with Crippen LogP contribution in [0.1, 0.15) is 35.3 Å². The van der Waals surface area contributed by atoms with E-state index in [4.69, 9.17) is 11.6 Å². The highest BCUT2D eigenvalue weighted by atomic mass is 35.5. The largest absolute Gasteiger partial charge is 0.506 e. The molecule has 0 fully saturated rings. The molecule has 0 radical (unpaired) electrons. The van der Waals surface area contributed by atoms with Crippen LogP contribution in [0.3, 0.4) is 0 Å². The van der Waals surface area contributed by atoms with Crippen LogP contribution in [0.15, 0.2) is 77.6 Å². The van der Waals surface area contributed by atoms with Crippen LogP contribution in [-0.4, -0.2) is 40.2 Å². The molecule has 7 nitrogen and oxygen atoms in total. The fourth-order valence-electron chi connectivity index (χ4n) is 4.51.